The Kier molecular flexibility index (Phi) is 3.94. The van der Waals surface area contributed by atoms with Gasteiger partial charge in [-0.1, -0.05) is 6.07 Å². The van der Waals surface area contributed by atoms with Gasteiger partial charge in [0.1, 0.15) is 5.82 Å². The van der Waals surface area contributed by atoms with Gasteiger partial charge in [0, 0.05) is 24.0 Å². The van der Waals surface area contributed by atoms with Gasteiger partial charge in [0.25, 0.3) is 0 Å². The van der Waals surface area contributed by atoms with Crippen LogP contribution in [-0.2, 0) is 11.3 Å². The van der Waals surface area contributed by atoms with E-state index in [2.05, 4.69) is 10.6 Å². The van der Waals surface area contributed by atoms with Crippen LogP contribution in [0.5, 0.6) is 0 Å². The van der Waals surface area contributed by atoms with E-state index in [1.54, 1.807) is 23.5 Å². The van der Waals surface area contributed by atoms with Gasteiger partial charge in [-0.3, -0.25) is 4.79 Å². The van der Waals surface area contributed by atoms with Crippen LogP contribution in [0.1, 0.15) is 11.8 Å². The second kappa shape index (κ2) is 5.64. The molecular formula is C13H13FN2OS. The number of hydrogen-bond donors (Lipinski definition) is 2. The normalized spacial score (nSPS) is 10.1. The van der Waals surface area contributed by atoms with Gasteiger partial charge in [-0.15, -0.1) is 11.3 Å². The van der Waals surface area contributed by atoms with Crippen LogP contribution in [0.15, 0.2) is 35.7 Å². The van der Waals surface area contributed by atoms with Gasteiger partial charge < -0.3 is 10.6 Å². The summed E-state index contributed by atoms with van der Waals surface area (Å²) in [6, 6.07) is 8.58. The Bertz CT molecular complexity index is 540. The first-order chi connectivity index (χ1) is 8.65. The van der Waals surface area contributed by atoms with Crippen LogP contribution in [0.25, 0.3) is 0 Å². The maximum Gasteiger partial charge on any atom is 0.221 e. The van der Waals surface area contributed by atoms with Gasteiger partial charge in [-0.05, 0) is 29.6 Å². The molecule has 2 N–H and O–H groups in total. The van der Waals surface area contributed by atoms with Gasteiger partial charge in [-0.2, -0.15) is 0 Å². The van der Waals surface area contributed by atoms with Crippen molar-refractivity contribution in [3.63, 3.8) is 0 Å². The van der Waals surface area contributed by atoms with Crippen molar-refractivity contribution in [1.29, 1.82) is 0 Å². The molecule has 0 fully saturated rings. The maximum atomic E-state index is 13.4. The second-order valence-electron chi connectivity index (χ2n) is 3.81. The monoisotopic (exact) mass is 264 g/mol. The molecule has 18 heavy (non-hydrogen) atoms. The zero-order valence-corrected chi connectivity index (χ0v) is 10.7. The van der Waals surface area contributed by atoms with Crippen molar-refractivity contribution in [2.45, 2.75) is 13.5 Å². The van der Waals surface area contributed by atoms with Crippen LogP contribution >= 0.6 is 11.3 Å². The van der Waals surface area contributed by atoms with Gasteiger partial charge in [0.2, 0.25) is 5.91 Å². The Hall–Kier alpha value is -1.88. The number of rotatable bonds is 4. The standard InChI is InChI=1S/C13H13FN2OS/c1-9(17)16-13-7-10(4-5-12(13)14)15-8-11-3-2-6-18-11/h2-7,15H,8H2,1H3,(H,16,17). The van der Waals surface area contributed by atoms with E-state index in [1.807, 2.05) is 17.5 Å². The molecule has 0 unspecified atom stereocenters. The Morgan fingerprint density at radius 2 is 2.22 bits per heavy atom. The molecule has 2 aromatic rings. The maximum absolute atomic E-state index is 13.4. The molecule has 1 heterocycles. The lowest BCUT2D eigenvalue weighted by Crippen LogP contribution is -2.08. The minimum Gasteiger partial charge on any atom is -0.380 e. The molecule has 0 saturated carbocycles. The van der Waals surface area contributed by atoms with E-state index in [4.69, 9.17) is 0 Å². The van der Waals surface area contributed by atoms with Crippen LogP contribution in [0.4, 0.5) is 15.8 Å². The zero-order valence-electron chi connectivity index (χ0n) is 9.87. The number of halogens is 1. The van der Waals surface area contributed by atoms with E-state index < -0.39 is 5.82 Å². The Morgan fingerprint density at radius 1 is 1.39 bits per heavy atom. The Labute approximate surface area is 109 Å². The minimum absolute atomic E-state index is 0.193. The molecule has 1 aromatic carbocycles. The molecule has 0 aliphatic heterocycles. The summed E-state index contributed by atoms with van der Waals surface area (Å²) in [6.07, 6.45) is 0. The molecule has 0 aliphatic carbocycles. The minimum atomic E-state index is -0.438. The number of amides is 1. The molecule has 0 atom stereocenters. The van der Waals surface area contributed by atoms with Gasteiger partial charge >= 0.3 is 0 Å². The summed E-state index contributed by atoms with van der Waals surface area (Å²) in [4.78, 5) is 12.1. The summed E-state index contributed by atoms with van der Waals surface area (Å²) in [5, 5.41) is 7.64. The Morgan fingerprint density at radius 3 is 2.89 bits per heavy atom. The predicted molar refractivity (Wildman–Crippen MR) is 72.3 cm³/mol. The van der Waals surface area contributed by atoms with Crippen LogP contribution in [0.2, 0.25) is 0 Å². The summed E-state index contributed by atoms with van der Waals surface area (Å²) in [5.41, 5.74) is 0.965. The lowest BCUT2D eigenvalue weighted by Gasteiger charge is -2.09. The third-order valence-corrected chi connectivity index (χ3v) is 3.20. The van der Waals surface area contributed by atoms with E-state index in [9.17, 15) is 9.18 Å². The lowest BCUT2D eigenvalue weighted by atomic mass is 10.2. The molecule has 0 saturated heterocycles. The number of benzene rings is 1. The number of anilines is 2. The van der Waals surface area contributed by atoms with E-state index in [0.717, 1.165) is 5.69 Å². The molecule has 2 rings (SSSR count). The summed E-state index contributed by atoms with van der Waals surface area (Å²) in [7, 11) is 0. The van der Waals surface area contributed by atoms with Gasteiger partial charge in [0.05, 0.1) is 5.69 Å². The fourth-order valence-electron chi connectivity index (χ4n) is 1.52. The van der Waals surface area contributed by atoms with Crippen molar-refractivity contribution < 1.29 is 9.18 Å². The average Bonchev–Trinajstić information content (AvgIpc) is 2.82. The SMILES string of the molecule is CC(=O)Nc1cc(NCc2cccs2)ccc1F. The first-order valence-corrected chi connectivity index (χ1v) is 6.36. The molecule has 0 radical (unpaired) electrons. The van der Waals surface area contributed by atoms with Crippen molar-refractivity contribution in [2.75, 3.05) is 10.6 Å². The summed E-state index contributed by atoms with van der Waals surface area (Å²) < 4.78 is 13.4. The first-order valence-electron chi connectivity index (χ1n) is 5.48. The highest BCUT2D eigenvalue weighted by Crippen LogP contribution is 2.20. The summed E-state index contributed by atoms with van der Waals surface area (Å²) in [6.45, 7) is 2.04. The molecule has 0 aliphatic rings. The Balaban J connectivity index is 2.06. The smallest absolute Gasteiger partial charge is 0.221 e. The predicted octanol–water partition coefficient (Wildman–Crippen LogP) is 3.46. The molecule has 0 bridgehead atoms. The molecule has 0 spiro atoms. The van der Waals surface area contributed by atoms with E-state index in [-0.39, 0.29) is 11.6 Å². The quantitative estimate of drug-likeness (QED) is 0.888. The van der Waals surface area contributed by atoms with Crippen molar-refractivity contribution >= 4 is 28.6 Å². The number of hydrogen-bond acceptors (Lipinski definition) is 3. The van der Waals surface area contributed by atoms with E-state index >= 15 is 0 Å². The molecular weight excluding hydrogens is 251 g/mol. The molecule has 3 nitrogen and oxygen atoms in total. The molecule has 5 heteroatoms. The van der Waals surface area contributed by atoms with Crippen LogP contribution in [-0.4, -0.2) is 5.91 Å². The van der Waals surface area contributed by atoms with Crippen LogP contribution < -0.4 is 10.6 Å². The molecule has 1 aromatic heterocycles. The van der Waals surface area contributed by atoms with Crippen LogP contribution in [0, 0.1) is 5.82 Å². The highest BCUT2D eigenvalue weighted by Gasteiger charge is 2.05. The van der Waals surface area contributed by atoms with Crippen molar-refractivity contribution in [1.82, 2.24) is 0 Å². The van der Waals surface area contributed by atoms with Crippen molar-refractivity contribution in [3.05, 3.63) is 46.4 Å². The third kappa shape index (κ3) is 3.30. The molecule has 1 amide bonds. The van der Waals surface area contributed by atoms with E-state index in [0.29, 0.717) is 6.54 Å². The zero-order chi connectivity index (χ0) is 13.0. The molecule has 94 valence electrons. The summed E-state index contributed by atoms with van der Waals surface area (Å²) >= 11 is 1.65. The number of carbonyl (C=O) groups is 1. The number of thiophene rings is 1. The average molecular weight is 264 g/mol. The van der Waals surface area contributed by atoms with Gasteiger partial charge in [0.15, 0.2) is 0 Å². The topological polar surface area (TPSA) is 41.1 Å². The van der Waals surface area contributed by atoms with Gasteiger partial charge in [-0.25, -0.2) is 4.39 Å². The fraction of sp³-hybridized carbons (Fsp3) is 0.154. The van der Waals surface area contributed by atoms with Crippen molar-refractivity contribution in [2.24, 2.45) is 0 Å². The number of carbonyl (C=O) groups excluding carboxylic acids is 1. The fourth-order valence-corrected chi connectivity index (χ4v) is 2.17. The highest BCUT2D eigenvalue weighted by molar-refractivity contribution is 7.09. The highest BCUT2D eigenvalue weighted by atomic mass is 32.1. The third-order valence-electron chi connectivity index (χ3n) is 2.32. The number of nitrogens with one attached hydrogen (secondary N) is 2. The van der Waals surface area contributed by atoms with Crippen LogP contribution in [0.3, 0.4) is 0 Å². The largest absolute Gasteiger partial charge is 0.380 e. The van der Waals surface area contributed by atoms with E-state index in [1.165, 1.54) is 17.9 Å². The lowest BCUT2D eigenvalue weighted by molar-refractivity contribution is -0.114. The summed E-state index contributed by atoms with van der Waals surface area (Å²) in [5.74, 6) is -0.726. The second-order valence-corrected chi connectivity index (χ2v) is 4.84. The first kappa shape index (κ1) is 12.6. The van der Waals surface area contributed by atoms with Crippen molar-refractivity contribution in [3.8, 4) is 0 Å².